The van der Waals surface area contributed by atoms with Gasteiger partial charge in [-0.2, -0.15) is 5.26 Å². The van der Waals surface area contributed by atoms with E-state index in [2.05, 4.69) is 6.07 Å². The Morgan fingerprint density at radius 3 is 2.58 bits per heavy atom. The fraction of sp³-hybridized carbons (Fsp3) is 0.429. The van der Waals surface area contributed by atoms with Gasteiger partial charge in [-0.05, 0) is 18.9 Å². The minimum absolute atomic E-state index is 0.351. The van der Waals surface area contributed by atoms with Gasteiger partial charge in [-0.3, -0.25) is 9.69 Å². The molecule has 0 bridgehead atoms. The Morgan fingerprint density at radius 1 is 1.42 bits per heavy atom. The highest BCUT2D eigenvalue weighted by Gasteiger charge is 2.30. The summed E-state index contributed by atoms with van der Waals surface area (Å²) in [5.41, 5.74) is 0.360. The molecule has 4 nitrogen and oxygen atoms in total. The molecule has 1 heterocycles. The zero-order valence-corrected chi connectivity index (χ0v) is 10.4. The molecule has 2 rings (SSSR count). The van der Waals surface area contributed by atoms with Crippen LogP contribution >= 0.6 is 0 Å². The summed E-state index contributed by atoms with van der Waals surface area (Å²) in [5, 5.41) is 18.2. The van der Waals surface area contributed by atoms with Crippen molar-refractivity contribution in [2.75, 3.05) is 13.1 Å². The Kier molecular flexibility index (Phi) is 4.13. The Morgan fingerprint density at radius 2 is 2.05 bits per heavy atom. The molecule has 0 aliphatic carbocycles. The molecule has 1 unspecified atom stereocenters. The molecule has 19 heavy (non-hydrogen) atoms. The van der Waals surface area contributed by atoms with Crippen molar-refractivity contribution in [2.24, 2.45) is 5.92 Å². The third-order valence-electron chi connectivity index (χ3n) is 3.57. The number of rotatable bonds is 3. The lowest BCUT2D eigenvalue weighted by Gasteiger charge is -2.33. The monoisotopic (exact) mass is 262 g/mol. The van der Waals surface area contributed by atoms with E-state index in [-0.39, 0.29) is 5.92 Å². The molecule has 1 fully saturated rings. The van der Waals surface area contributed by atoms with Crippen LogP contribution in [0.3, 0.4) is 0 Å². The molecule has 100 valence electrons. The molecule has 0 radical (unpaired) electrons. The first-order valence-corrected chi connectivity index (χ1v) is 6.24. The summed E-state index contributed by atoms with van der Waals surface area (Å²) in [4.78, 5) is 12.7. The van der Waals surface area contributed by atoms with E-state index in [1.165, 1.54) is 6.07 Å². The summed E-state index contributed by atoms with van der Waals surface area (Å²) in [7, 11) is 0. The van der Waals surface area contributed by atoms with Gasteiger partial charge >= 0.3 is 5.97 Å². The van der Waals surface area contributed by atoms with E-state index in [0.717, 1.165) is 0 Å². The SMILES string of the molecule is N#CC(c1ccccc1F)N1CCC(C(=O)O)CC1. The van der Waals surface area contributed by atoms with Crippen molar-refractivity contribution in [1.82, 2.24) is 4.90 Å². The number of hydrogen-bond donors (Lipinski definition) is 1. The maximum absolute atomic E-state index is 13.7. The van der Waals surface area contributed by atoms with Gasteiger partial charge in [0.15, 0.2) is 0 Å². The zero-order valence-electron chi connectivity index (χ0n) is 10.4. The van der Waals surface area contributed by atoms with Gasteiger partial charge in [-0.1, -0.05) is 18.2 Å². The van der Waals surface area contributed by atoms with Crippen LogP contribution in [0.1, 0.15) is 24.4 Å². The first-order valence-electron chi connectivity index (χ1n) is 6.24. The second kappa shape index (κ2) is 5.81. The molecule has 1 atom stereocenters. The molecule has 0 spiro atoms. The molecule has 1 aliphatic heterocycles. The third kappa shape index (κ3) is 2.91. The van der Waals surface area contributed by atoms with Crippen molar-refractivity contribution in [3.05, 3.63) is 35.6 Å². The number of benzene rings is 1. The molecule has 5 heteroatoms. The summed E-state index contributed by atoms with van der Waals surface area (Å²) in [6.45, 7) is 1.01. The summed E-state index contributed by atoms with van der Waals surface area (Å²) in [5.74, 6) is -1.54. The maximum Gasteiger partial charge on any atom is 0.306 e. The molecule has 1 aromatic carbocycles. The average Bonchev–Trinajstić information content (AvgIpc) is 2.42. The van der Waals surface area contributed by atoms with Crippen LogP contribution in [0.25, 0.3) is 0 Å². The summed E-state index contributed by atoms with van der Waals surface area (Å²) < 4.78 is 13.7. The van der Waals surface area contributed by atoms with E-state index >= 15 is 0 Å². The predicted octanol–water partition coefficient (Wildman–Crippen LogP) is 2.19. The fourth-order valence-electron chi connectivity index (χ4n) is 2.45. The lowest BCUT2D eigenvalue weighted by Crippen LogP contribution is -2.38. The highest BCUT2D eigenvalue weighted by molar-refractivity contribution is 5.70. The Balaban J connectivity index is 2.11. The highest BCUT2D eigenvalue weighted by atomic mass is 19.1. The van der Waals surface area contributed by atoms with Crippen LogP contribution < -0.4 is 0 Å². The van der Waals surface area contributed by atoms with E-state index in [9.17, 15) is 14.4 Å². The number of carboxylic acids is 1. The number of likely N-dealkylation sites (tertiary alicyclic amines) is 1. The zero-order chi connectivity index (χ0) is 13.8. The molecule has 1 N–H and O–H groups in total. The van der Waals surface area contributed by atoms with Crippen molar-refractivity contribution in [2.45, 2.75) is 18.9 Å². The second-order valence-electron chi connectivity index (χ2n) is 4.70. The molecule has 1 saturated heterocycles. The topological polar surface area (TPSA) is 64.3 Å². The van der Waals surface area contributed by atoms with Gasteiger partial charge in [0.2, 0.25) is 0 Å². The molecule has 0 aromatic heterocycles. The number of piperidine rings is 1. The normalized spacial score (nSPS) is 18.7. The quantitative estimate of drug-likeness (QED) is 0.906. The van der Waals surface area contributed by atoms with Crippen LogP contribution in [0.2, 0.25) is 0 Å². The van der Waals surface area contributed by atoms with Gasteiger partial charge in [-0.25, -0.2) is 4.39 Å². The van der Waals surface area contributed by atoms with Crippen molar-refractivity contribution in [3.63, 3.8) is 0 Å². The van der Waals surface area contributed by atoms with E-state index in [1.807, 2.05) is 4.90 Å². The van der Waals surface area contributed by atoms with Crippen LogP contribution in [0.5, 0.6) is 0 Å². The number of carboxylic acid groups (broad SMARTS) is 1. The number of halogens is 1. The largest absolute Gasteiger partial charge is 0.481 e. The second-order valence-corrected chi connectivity index (χ2v) is 4.70. The van der Waals surface area contributed by atoms with Crippen LogP contribution in [0.15, 0.2) is 24.3 Å². The fourth-order valence-corrected chi connectivity index (χ4v) is 2.45. The van der Waals surface area contributed by atoms with E-state index < -0.39 is 17.8 Å². The molecule has 0 amide bonds. The van der Waals surface area contributed by atoms with Gasteiger partial charge in [0.05, 0.1) is 12.0 Å². The molecule has 1 aromatic rings. The standard InChI is InChI=1S/C14H15FN2O2/c15-12-4-2-1-3-11(12)13(9-16)17-7-5-10(6-8-17)14(18)19/h1-4,10,13H,5-8H2,(H,18,19). The van der Waals surface area contributed by atoms with E-state index in [0.29, 0.717) is 31.5 Å². The number of nitrogens with zero attached hydrogens (tertiary/aromatic N) is 2. The Bertz CT molecular complexity index is 504. The number of nitriles is 1. The molecule has 0 saturated carbocycles. The molecule has 1 aliphatic rings. The van der Waals surface area contributed by atoms with Crippen molar-refractivity contribution >= 4 is 5.97 Å². The summed E-state index contributed by atoms with van der Waals surface area (Å²) >= 11 is 0. The van der Waals surface area contributed by atoms with E-state index in [4.69, 9.17) is 5.11 Å². The third-order valence-corrected chi connectivity index (χ3v) is 3.57. The lowest BCUT2D eigenvalue weighted by atomic mass is 9.94. The average molecular weight is 262 g/mol. The molecular weight excluding hydrogens is 247 g/mol. The summed E-state index contributed by atoms with van der Waals surface area (Å²) in [6, 6.07) is 7.70. The van der Waals surface area contributed by atoms with Gasteiger partial charge < -0.3 is 5.11 Å². The van der Waals surface area contributed by atoms with Gasteiger partial charge in [0.1, 0.15) is 11.9 Å². The predicted molar refractivity (Wildman–Crippen MR) is 66.7 cm³/mol. The maximum atomic E-state index is 13.7. The Hall–Kier alpha value is -1.93. The van der Waals surface area contributed by atoms with E-state index in [1.54, 1.807) is 18.2 Å². The smallest absolute Gasteiger partial charge is 0.306 e. The first kappa shape index (κ1) is 13.5. The first-order chi connectivity index (χ1) is 9.13. The van der Waals surface area contributed by atoms with Gasteiger partial charge in [0, 0.05) is 18.7 Å². The van der Waals surface area contributed by atoms with Crippen molar-refractivity contribution in [1.29, 1.82) is 5.26 Å². The minimum atomic E-state index is -0.793. The van der Waals surface area contributed by atoms with Crippen molar-refractivity contribution < 1.29 is 14.3 Å². The van der Waals surface area contributed by atoms with Crippen molar-refractivity contribution in [3.8, 4) is 6.07 Å². The highest BCUT2D eigenvalue weighted by Crippen LogP contribution is 2.27. The number of hydrogen-bond acceptors (Lipinski definition) is 3. The summed E-state index contributed by atoms with van der Waals surface area (Å²) in [6.07, 6.45) is 1.00. The van der Waals surface area contributed by atoms with Crippen LogP contribution in [-0.4, -0.2) is 29.1 Å². The number of aliphatic carboxylic acids is 1. The molecular formula is C14H15FN2O2. The van der Waals surface area contributed by atoms with Crippen LogP contribution in [-0.2, 0) is 4.79 Å². The van der Waals surface area contributed by atoms with Gasteiger partial charge in [-0.15, -0.1) is 0 Å². The van der Waals surface area contributed by atoms with Gasteiger partial charge in [0.25, 0.3) is 0 Å². The lowest BCUT2D eigenvalue weighted by molar-refractivity contribution is -0.143. The Labute approximate surface area is 111 Å². The minimum Gasteiger partial charge on any atom is -0.481 e. The van der Waals surface area contributed by atoms with Crippen LogP contribution in [0, 0.1) is 23.1 Å². The van der Waals surface area contributed by atoms with Crippen LogP contribution in [0.4, 0.5) is 4.39 Å². The number of carbonyl (C=O) groups is 1.